The average Bonchev–Trinajstić information content (AvgIpc) is 2.45. The molecule has 1 unspecified atom stereocenters. The number of benzene rings is 1. The van der Waals surface area contributed by atoms with Gasteiger partial charge in [-0.1, -0.05) is 30.3 Å². The third kappa shape index (κ3) is 3.10. The van der Waals surface area contributed by atoms with Gasteiger partial charge in [0.25, 0.3) is 5.69 Å². The van der Waals surface area contributed by atoms with Crippen molar-refractivity contribution in [2.45, 2.75) is 13.0 Å². The summed E-state index contributed by atoms with van der Waals surface area (Å²) in [6.45, 7) is 1.56. The summed E-state index contributed by atoms with van der Waals surface area (Å²) in [6, 6.07) is 10.8. The first-order valence-electron chi connectivity index (χ1n) is 6.15. The van der Waals surface area contributed by atoms with E-state index < -0.39 is 4.92 Å². The molecule has 1 heterocycles. The van der Waals surface area contributed by atoms with Crippen molar-refractivity contribution in [3.05, 3.63) is 63.8 Å². The highest BCUT2D eigenvalue weighted by Crippen LogP contribution is 2.22. The molecule has 2 N–H and O–H groups in total. The van der Waals surface area contributed by atoms with Crippen molar-refractivity contribution in [1.29, 1.82) is 0 Å². The lowest BCUT2D eigenvalue weighted by atomic mass is 10.1. The zero-order valence-corrected chi connectivity index (χ0v) is 11.0. The molecule has 0 aliphatic carbocycles. The first-order valence-corrected chi connectivity index (χ1v) is 6.15. The second-order valence-electron chi connectivity index (χ2n) is 4.40. The van der Waals surface area contributed by atoms with Gasteiger partial charge in [0, 0.05) is 5.56 Å². The Kier molecular flexibility index (Phi) is 4.27. The highest BCUT2D eigenvalue weighted by atomic mass is 16.6. The third-order valence-electron chi connectivity index (χ3n) is 2.99. The van der Waals surface area contributed by atoms with E-state index in [0.717, 1.165) is 5.56 Å². The monoisotopic (exact) mass is 273 g/mol. The molecule has 0 radical (unpaired) electrons. The Labute approximate surface area is 116 Å². The molecule has 6 heteroatoms. The van der Waals surface area contributed by atoms with Gasteiger partial charge in [-0.2, -0.15) is 0 Å². The van der Waals surface area contributed by atoms with Gasteiger partial charge in [-0.25, -0.2) is 4.98 Å². The van der Waals surface area contributed by atoms with Crippen molar-refractivity contribution in [1.82, 2.24) is 4.98 Å². The second kappa shape index (κ2) is 6.12. The van der Waals surface area contributed by atoms with Gasteiger partial charge in [0.1, 0.15) is 12.0 Å². The van der Waals surface area contributed by atoms with Crippen LogP contribution in [0, 0.1) is 17.0 Å². The van der Waals surface area contributed by atoms with Crippen LogP contribution in [0.2, 0.25) is 0 Å². The molecule has 0 spiro atoms. The molecule has 0 fully saturated rings. The van der Waals surface area contributed by atoms with Crippen LogP contribution in [0.4, 0.5) is 11.5 Å². The van der Waals surface area contributed by atoms with E-state index in [9.17, 15) is 15.2 Å². The number of aliphatic hydroxyl groups is 1. The normalized spacial score (nSPS) is 11.9. The van der Waals surface area contributed by atoms with Crippen molar-refractivity contribution in [2.75, 3.05) is 11.9 Å². The van der Waals surface area contributed by atoms with Crippen LogP contribution in [0.5, 0.6) is 0 Å². The Morgan fingerprint density at radius 3 is 2.65 bits per heavy atom. The first kappa shape index (κ1) is 14.0. The summed E-state index contributed by atoms with van der Waals surface area (Å²) in [6.07, 6.45) is 1.22. The molecular weight excluding hydrogens is 258 g/mol. The van der Waals surface area contributed by atoms with Crippen LogP contribution in [0.25, 0.3) is 0 Å². The number of aliphatic hydroxyl groups excluding tert-OH is 1. The summed E-state index contributed by atoms with van der Waals surface area (Å²) in [7, 11) is 0. The summed E-state index contributed by atoms with van der Waals surface area (Å²) in [5, 5.41) is 23.3. The number of aryl methyl sites for hydroxylation is 1. The Morgan fingerprint density at radius 2 is 2.10 bits per heavy atom. The predicted octanol–water partition coefficient (Wildman–Crippen LogP) is 2.44. The number of hydrogen-bond acceptors (Lipinski definition) is 5. The molecule has 0 aliphatic heterocycles. The van der Waals surface area contributed by atoms with Gasteiger partial charge >= 0.3 is 0 Å². The van der Waals surface area contributed by atoms with E-state index in [0.29, 0.717) is 11.4 Å². The fourth-order valence-electron chi connectivity index (χ4n) is 1.92. The molecule has 2 rings (SSSR count). The summed E-state index contributed by atoms with van der Waals surface area (Å²) in [5.41, 5.74) is 1.43. The number of rotatable bonds is 5. The second-order valence-corrected chi connectivity index (χ2v) is 4.40. The number of nitrogens with one attached hydrogen (secondary N) is 1. The van der Waals surface area contributed by atoms with E-state index in [4.69, 9.17) is 0 Å². The van der Waals surface area contributed by atoms with Crippen LogP contribution in [-0.4, -0.2) is 21.6 Å². The van der Waals surface area contributed by atoms with Gasteiger partial charge in [-0.3, -0.25) is 10.1 Å². The molecule has 0 aliphatic rings. The quantitative estimate of drug-likeness (QED) is 0.645. The average molecular weight is 273 g/mol. The largest absolute Gasteiger partial charge is 0.394 e. The molecule has 20 heavy (non-hydrogen) atoms. The van der Waals surface area contributed by atoms with E-state index in [-0.39, 0.29) is 18.3 Å². The van der Waals surface area contributed by atoms with Crippen molar-refractivity contribution < 1.29 is 10.0 Å². The van der Waals surface area contributed by atoms with Crippen LogP contribution >= 0.6 is 0 Å². The zero-order valence-electron chi connectivity index (χ0n) is 11.0. The van der Waals surface area contributed by atoms with Gasteiger partial charge < -0.3 is 10.4 Å². The lowest BCUT2D eigenvalue weighted by Crippen LogP contribution is -2.15. The number of anilines is 1. The zero-order chi connectivity index (χ0) is 14.5. The Balaban J connectivity index is 2.20. The smallest absolute Gasteiger partial charge is 0.290 e. The molecule has 0 bridgehead atoms. The Hall–Kier alpha value is -2.47. The molecule has 6 nitrogen and oxygen atoms in total. The van der Waals surface area contributed by atoms with Crippen molar-refractivity contribution >= 4 is 11.5 Å². The SMILES string of the molecule is Cc1cc(NC(CO)c2ccccc2)ncc1[N+](=O)[O-]. The van der Waals surface area contributed by atoms with E-state index in [1.54, 1.807) is 13.0 Å². The van der Waals surface area contributed by atoms with Gasteiger partial charge in [0.05, 0.1) is 17.6 Å². The summed E-state index contributed by atoms with van der Waals surface area (Å²) < 4.78 is 0. The maximum Gasteiger partial charge on any atom is 0.290 e. The van der Waals surface area contributed by atoms with Gasteiger partial charge in [-0.15, -0.1) is 0 Å². The number of aromatic nitrogens is 1. The Bertz CT molecular complexity index is 602. The van der Waals surface area contributed by atoms with E-state index in [1.807, 2.05) is 30.3 Å². The van der Waals surface area contributed by atoms with Crippen LogP contribution < -0.4 is 5.32 Å². The number of nitro groups is 1. The summed E-state index contributed by atoms with van der Waals surface area (Å²) >= 11 is 0. The molecule has 0 amide bonds. The molecule has 1 atom stereocenters. The molecular formula is C14H15N3O3. The predicted molar refractivity (Wildman–Crippen MR) is 75.5 cm³/mol. The number of hydrogen-bond donors (Lipinski definition) is 2. The Morgan fingerprint density at radius 1 is 1.40 bits per heavy atom. The third-order valence-corrected chi connectivity index (χ3v) is 2.99. The summed E-state index contributed by atoms with van der Waals surface area (Å²) in [5.74, 6) is 0.496. The summed E-state index contributed by atoms with van der Waals surface area (Å²) in [4.78, 5) is 14.3. The number of nitrogens with zero attached hydrogens (tertiary/aromatic N) is 2. The maximum atomic E-state index is 10.7. The van der Waals surface area contributed by atoms with Gasteiger partial charge in [0.2, 0.25) is 0 Å². The topological polar surface area (TPSA) is 88.3 Å². The molecule has 1 aromatic carbocycles. The fraction of sp³-hybridized carbons (Fsp3) is 0.214. The van der Waals surface area contributed by atoms with Gasteiger partial charge in [-0.05, 0) is 18.6 Å². The van der Waals surface area contributed by atoms with Gasteiger partial charge in [0.15, 0.2) is 0 Å². The maximum absolute atomic E-state index is 10.7. The molecule has 2 aromatic rings. The lowest BCUT2D eigenvalue weighted by Gasteiger charge is -2.17. The highest BCUT2D eigenvalue weighted by molar-refractivity contribution is 5.48. The molecule has 0 saturated carbocycles. The van der Waals surface area contributed by atoms with Crippen molar-refractivity contribution in [2.24, 2.45) is 0 Å². The van der Waals surface area contributed by atoms with E-state index >= 15 is 0 Å². The lowest BCUT2D eigenvalue weighted by molar-refractivity contribution is -0.385. The highest BCUT2D eigenvalue weighted by Gasteiger charge is 2.14. The van der Waals surface area contributed by atoms with E-state index in [2.05, 4.69) is 10.3 Å². The fourth-order valence-corrected chi connectivity index (χ4v) is 1.92. The molecule has 0 saturated heterocycles. The van der Waals surface area contributed by atoms with Crippen LogP contribution in [0.1, 0.15) is 17.2 Å². The van der Waals surface area contributed by atoms with Crippen LogP contribution in [0.15, 0.2) is 42.6 Å². The van der Waals surface area contributed by atoms with Crippen molar-refractivity contribution in [3.8, 4) is 0 Å². The molecule has 104 valence electrons. The number of pyridine rings is 1. The van der Waals surface area contributed by atoms with Crippen LogP contribution in [-0.2, 0) is 0 Å². The minimum absolute atomic E-state index is 0.0178. The van der Waals surface area contributed by atoms with E-state index in [1.165, 1.54) is 6.20 Å². The van der Waals surface area contributed by atoms with Crippen LogP contribution in [0.3, 0.4) is 0 Å². The minimum Gasteiger partial charge on any atom is -0.394 e. The first-order chi connectivity index (χ1) is 9.61. The standard InChI is InChI=1S/C14H15N3O3/c1-10-7-14(15-8-13(10)17(19)20)16-12(9-18)11-5-3-2-4-6-11/h2-8,12,18H,9H2,1H3,(H,15,16). The van der Waals surface area contributed by atoms with Crippen molar-refractivity contribution in [3.63, 3.8) is 0 Å². The minimum atomic E-state index is -0.465. The molecule has 1 aromatic heterocycles.